The van der Waals surface area contributed by atoms with Gasteiger partial charge < -0.3 is 9.47 Å². The van der Waals surface area contributed by atoms with Crippen molar-refractivity contribution in [3.05, 3.63) is 30.6 Å². The molecule has 0 aliphatic carbocycles. The minimum Gasteiger partial charge on any atom is -0.338 e. The lowest BCUT2D eigenvalue weighted by Gasteiger charge is -2.38. The second kappa shape index (κ2) is 6.08. The van der Waals surface area contributed by atoms with Crippen molar-refractivity contribution in [2.75, 3.05) is 26.2 Å². The van der Waals surface area contributed by atoms with Gasteiger partial charge in [-0.25, -0.2) is 4.98 Å². The summed E-state index contributed by atoms with van der Waals surface area (Å²) in [6, 6.07) is 8.29. The van der Waals surface area contributed by atoms with Crippen molar-refractivity contribution in [3.8, 4) is 0 Å². The highest BCUT2D eigenvalue weighted by Gasteiger charge is 2.27. The molecule has 2 heterocycles. The fourth-order valence-corrected chi connectivity index (χ4v) is 3.13. The van der Waals surface area contributed by atoms with Crippen molar-refractivity contribution >= 4 is 16.9 Å². The number of aromatic nitrogens is 2. The third-order valence-electron chi connectivity index (χ3n) is 4.61. The number of amides is 1. The average molecular weight is 300 g/mol. The topological polar surface area (TPSA) is 41.4 Å². The number of fused-ring (bicyclic) bond motifs is 1. The molecule has 22 heavy (non-hydrogen) atoms. The number of rotatable bonds is 3. The molecule has 1 aliphatic heterocycles. The van der Waals surface area contributed by atoms with Crippen molar-refractivity contribution < 1.29 is 4.79 Å². The molecule has 0 bridgehead atoms. The summed E-state index contributed by atoms with van der Waals surface area (Å²) in [5.41, 5.74) is 1.95. The molecule has 5 nitrogen and oxygen atoms in total. The first-order chi connectivity index (χ1) is 10.6. The van der Waals surface area contributed by atoms with Crippen LogP contribution in [0.4, 0.5) is 0 Å². The van der Waals surface area contributed by atoms with Crippen LogP contribution in [0.25, 0.3) is 11.0 Å². The summed E-state index contributed by atoms with van der Waals surface area (Å²) >= 11 is 0. The number of piperazine rings is 1. The smallest absolute Gasteiger partial charge is 0.245 e. The fraction of sp³-hybridized carbons (Fsp3) is 0.529. The third kappa shape index (κ3) is 2.73. The normalized spacial score (nSPS) is 18.1. The largest absolute Gasteiger partial charge is 0.338 e. The Hall–Kier alpha value is -1.88. The Labute approximate surface area is 131 Å². The molecule has 0 radical (unpaired) electrons. The van der Waals surface area contributed by atoms with Crippen molar-refractivity contribution in [1.29, 1.82) is 0 Å². The lowest BCUT2D eigenvalue weighted by atomic mass is 10.2. The van der Waals surface area contributed by atoms with Crippen LogP contribution in [0.2, 0.25) is 0 Å². The highest BCUT2D eigenvalue weighted by atomic mass is 16.2. The van der Waals surface area contributed by atoms with E-state index >= 15 is 0 Å². The summed E-state index contributed by atoms with van der Waals surface area (Å²) in [6.45, 7) is 9.92. The molecule has 1 fully saturated rings. The zero-order valence-electron chi connectivity index (χ0n) is 13.6. The zero-order chi connectivity index (χ0) is 15.7. The molecule has 1 atom stereocenters. The van der Waals surface area contributed by atoms with E-state index in [1.54, 1.807) is 6.33 Å². The van der Waals surface area contributed by atoms with Crippen molar-refractivity contribution in [3.63, 3.8) is 0 Å². The first-order valence-corrected chi connectivity index (χ1v) is 8.02. The molecule has 118 valence electrons. The zero-order valence-corrected chi connectivity index (χ0v) is 13.6. The number of hydrogen-bond donors (Lipinski definition) is 0. The van der Waals surface area contributed by atoms with Gasteiger partial charge in [0.05, 0.1) is 17.4 Å². The highest BCUT2D eigenvalue weighted by Crippen LogP contribution is 2.20. The summed E-state index contributed by atoms with van der Waals surface area (Å²) in [7, 11) is 0. The second-order valence-electron chi connectivity index (χ2n) is 6.27. The first-order valence-electron chi connectivity index (χ1n) is 8.02. The Morgan fingerprint density at radius 3 is 2.45 bits per heavy atom. The van der Waals surface area contributed by atoms with Crippen LogP contribution in [-0.4, -0.2) is 57.5 Å². The summed E-state index contributed by atoms with van der Waals surface area (Å²) in [5.74, 6) is 0.187. The fourth-order valence-electron chi connectivity index (χ4n) is 3.13. The van der Waals surface area contributed by atoms with Gasteiger partial charge in [0.1, 0.15) is 6.04 Å². The number of nitrogens with zero attached hydrogens (tertiary/aromatic N) is 4. The van der Waals surface area contributed by atoms with Crippen LogP contribution in [0.15, 0.2) is 30.6 Å². The number of carbonyl (C=O) groups is 1. The van der Waals surface area contributed by atoms with Gasteiger partial charge in [-0.2, -0.15) is 0 Å². The van der Waals surface area contributed by atoms with E-state index < -0.39 is 0 Å². The number of para-hydroxylation sites is 2. The van der Waals surface area contributed by atoms with E-state index in [1.807, 2.05) is 40.7 Å². The standard InChI is InChI=1S/C17H24N4O/c1-13(2)19-8-10-20(11-9-19)17(22)14(3)21-12-18-15-6-4-5-7-16(15)21/h4-7,12-14H,8-11H2,1-3H3/t14-/m0/s1. The summed E-state index contributed by atoms with van der Waals surface area (Å²) < 4.78 is 1.98. The predicted octanol–water partition coefficient (Wildman–Crippen LogP) is 2.15. The van der Waals surface area contributed by atoms with Crippen molar-refractivity contribution in [1.82, 2.24) is 19.4 Å². The van der Waals surface area contributed by atoms with Gasteiger partial charge in [-0.05, 0) is 32.9 Å². The molecule has 0 saturated carbocycles. The van der Waals surface area contributed by atoms with Gasteiger partial charge in [0.2, 0.25) is 5.91 Å². The van der Waals surface area contributed by atoms with E-state index in [0.29, 0.717) is 6.04 Å². The number of carbonyl (C=O) groups excluding carboxylic acids is 1. The maximum Gasteiger partial charge on any atom is 0.245 e. The molecule has 1 saturated heterocycles. The summed E-state index contributed by atoms with van der Waals surface area (Å²) in [4.78, 5) is 21.6. The van der Waals surface area contributed by atoms with Gasteiger partial charge >= 0.3 is 0 Å². The van der Waals surface area contributed by atoms with Gasteiger partial charge in [-0.1, -0.05) is 12.1 Å². The molecule has 1 aromatic heterocycles. The number of imidazole rings is 1. The van der Waals surface area contributed by atoms with E-state index in [-0.39, 0.29) is 11.9 Å². The second-order valence-corrected chi connectivity index (χ2v) is 6.27. The van der Waals surface area contributed by atoms with E-state index in [2.05, 4.69) is 23.7 Å². The molecule has 3 rings (SSSR count). The summed E-state index contributed by atoms with van der Waals surface area (Å²) in [5, 5.41) is 0. The Bertz CT molecular complexity index is 655. The maximum absolute atomic E-state index is 12.8. The first kappa shape index (κ1) is 15.0. The van der Waals surface area contributed by atoms with E-state index in [9.17, 15) is 4.79 Å². The molecule has 0 spiro atoms. The molecule has 5 heteroatoms. The van der Waals surface area contributed by atoms with Crippen LogP contribution in [0.5, 0.6) is 0 Å². The Kier molecular flexibility index (Phi) is 4.16. The van der Waals surface area contributed by atoms with Crippen LogP contribution < -0.4 is 0 Å². The monoisotopic (exact) mass is 300 g/mol. The molecule has 2 aromatic rings. The molecule has 1 aromatic carbocycles. The third-order valence-corrected chi connectivity index (χ3v) is 4.61. The van der Waals surface area contributed by atoms with Gasteiger partial charge in [-0.15, -0.1) is 0 Å². The lowest BCUT2D eigenvalue weighted by Crippen LogP contribution is -2.51. The van der Waals surface area contributed by atoms with Crippen molar-refractivity contribution in [2.24, 2.45) is 0 Å². The maximum atomic E-state index is 12.8. The van der Waals surface area contributed by atoms with Crippen LogP contribution in [-0.2, 0) is 4.79 Å². The van der Waals surface area contributed by atoms with Crippen LogP contribution in [0.1, 0.15) is 26.8 Å². The number of hydrogen-bond acceptors (Lipinski definition) is 3. The molecule has 1 amide bonds. The van der Waals surface area contributed by atoms with Crippen LogP contribution >= 0.6 is 0 Å². The SMILES string of the molecule is CC(C)N1CCN(C(=O)[C@H](C)n2cnc3ccccc32)CC1. The highest BCUT2D eigenvalue weighted by molar-refractivity contribution is 5.83. The van der Waals surface area contributed by atoms with E-state index in [1.165, 1.54) is 0 Å². The summed E-state index contributed by atoms with van der Waals surface area (Å²) in [6.07, 6.45) is 1.78. The number of benzene rings is 1. The van der Waals surface area contributed by atoms with Gasteiger partial charge in [0.15, 0.2) is 0 Å². The minimum atomic E-state index is -0.210. The lowest BCUT2D eigenvalue weighted by molar-refractivity contribution is -0.136. The van der Waals surface area contributed by atoms with Crippen molar-refractivity contribution in [2.45, 2.75) is 32.9 Å². The van der Waals surface area contributed by atoms with Crippen LogP contribution in [0, 0.1) is 0 Å². The Morgan fingerprint density at radius 1 is 1.09 bits per heavy atom. The average Bonchev–Trinajstić information content (AvgIpc) is 2.97. The molecule has 1 aliphatic rings. The minimum absolute atomic E-state index is 0.187. The van der Waals surface area contributed by atoms with E-state index in [0.717, 1.165) is 37.2 Å². The van der Waals surface area contributed by atoms with Gasteiger partial charge in [-0.3, -0.25) is 9.69 Å². The van der Waals surface area contributed by atoms with Gasteiger partial charge in [0, 0.05) is 32.2 Å². The molecule has 0 unspecified atom stereocenters. The predicted molar refractivity (Wildman–Crippen MR) is 87.7 cm³/mol. The van der Waals surface area contributed by atoms with Gasteiger partial charge in [0.25, 0.3) is 0 Å². The Morgan fingerprint density at radius 2 is 1.77 bits per heavy atom. The van der Waals surface area contributed by atoms with E-state index in [4.69, 9.17) is 0 Å². The Balaban J connectivity index is 1.73. The molecule has 0 N–H and O–H groups in total. The molecular formula is C17H24N4O. The van der Waals surface area contributed by atoms with Crippen LogP contribution in [0.3, 0.4) is 0 Å². The molecular weight excluding hydrogens is 276 g/mol. The quantitative estimate of drug-likeness (QED) is 0.872.